The number of carbonyl (C=O) groups is 1. The summed E-state index contributed by atoms with van der Waals surface area (Å²) in [5.41, 5.74) is 2.26. The Kier molecular flexibility index (Phi) is 5.95. The molecule has 1 unspecified atom stereocenters. The van der Waals surface area contributed by atoms with Gasteiger partial charge in [-0.3, -0.25) is 9.36 Å². The highest BCUT2D eigenvalue weighted by Crippen LogP contribution is 2.26. The Hall–Kier alpha value is -2.46. The lowest BCUT2D eigenvalue weighted by atomic mass is 9.99. The van der Waals surface area contributed by atoms with Crippen LogP contribution in [0.1, 0.15) is 35.7 Å². The monoisotopic (exact) mass is 421 g/mol. The topological polar surface area (TPSA) is 106 Å². The maximum Gasteiger partial charge on any atom is 0.346 e. The second-order valence-electron chi connectivity index (χ2n) is 7.68. The maximum atomic E-state index is 12.6. The molecule has 1 N–H and O–H groups in total. The van der Waals surface area contributed by atoms with E-state index in [0.717, 1.165) is 22.2 Å². The number of nitrogens with one attached hydrogen (secondary N) is 1. The van der Waals surface area contributed by atoms with Crippen LogP contribution in [0.15, 0.2) is 23.0 Å². The number of sulfonamides is 1. The average Bonchev–Trinajstić information content (AvgIpc) is 2.92. The molecule has 2 aromatic rings. The Balaban J connectivity index is 1.77. The lowest BCUT2D eigenvalue weighted by molar-refractivity contribution is -0.117. The average molecular weight is 422 g/mol. The van der Waals surface area contributed by atoms with Gasteiger partial charge in [-0.05, 0) is 43.9 Å². The standard InChI is InChI=1S/C19H27N5O4S/c1-13-7-8-14(2)16(10-13)20-17(25)12-24-19(26)22(3)18(21-24)15-6-5-9-23(11-15)29(4,27)28/h7-8,10,15H,5-6,9,11-12H2,1-4H3,(H,20,25). The molecule has 1 aromatic heterocycles. The van der Waals surface area contributed by atoms with Crippen LogP contribution < -0.4 is 11.0 Å². The molecule has 3 rings (SSSR count). The summed E-state index contributed by atoms with van der Waals surface area (Å²) in [4.78, 5) is 25.0. The quantitative estimate of drug-likeness (QED) is 0.774. The highest BCUT2D eigenvalue weighted by Gasteiger charge is 2.30. The normalized spacial score (nSPS) is 18.0. The van der Waals surface area contributed by atoms with Crippen molar-refractivity contribution in [3.8, 4) is 0 Å². The van der Waals surface area contributed by atoms with Gasteiger partial charge in [-0.2, -0.15) is 5.10 Å². The second-order valence-corrected chi connectivity index (χ2v) is 9.67. The van der Waals surface area contributed by atoms with E-state index in [9.17, 15) is 18.0 Å². The van der Waals surface area contributed by atoms with Gasteiger partial charge in [-0.25, -0.2) is 22.2 Å². The number of hydrogen-bond donors (Lipinski definition) is 1. The van der Waals surface area contributed by atoms with Gasteiger partial charge in [0.2, 0.25) is 15.9 Å². The summed E-state index contributed by atoms with van der Waals surface area (Å²) in [6.45, 7) is 4.40. The minimum atomic E-state index is -3.30. The maximum absolute atomic E-state index is 12.6. The molecule has 9 nitrogen and oxygen atoms in total. The first-order valence-electron chi connectivity index (χ1n) is 9.52. The van der Waals surface area contributed by atoms with Gasteiger partial charge >= 0.3 is 5.69 Å². The van der Waals surface area contributed by atoms with Crippen molar-refractivity contribution in [2.75, 3.05) is 24.7 Å². The summed E-state index contributed by atoms with van der Waals surface area (Å²) >= 11 is 0. The summed E-state index contributed by atoms with van der Waals surface area (Å²) in [7, 11) is -1.70. The van der Waals surface area contributed by atoms with Crippen LogP contribution in [0.2, 0.25) is 0 Å². The van der Waals surface area contributed by atoms with E-state index in [1.54, 1.807) is 7.05 Å². The highest BCUT2D eigenvalue weighted by molar-refractivity contribution is 7.88. The van der Waals surface area contributed by atoms with Crippen LogP contribution in [0.3, 0.4) is 0 Å². The number of piperidine rings is 1. The first-order valence-corrected chi connectivity index (χ1v) is 11.4. The zero-order valence-electron chi connectivity index (χ0n) is 17.2. The van der Waals surface area contributed by atoms with E-state index in [4.69, 9.17) is 0 Å². The van der Waals surface area contributed by atoms with E-state index >= 15 is 0 Å². The third kappa shape index (κ3) is 4.76. The molecule has 1 aromatic carbocycles. The van der Waals surface area contributed by atoms with E-state index in [0.29, 0.717) is 24.5 Å². The highest BCUT2D eigenvalue weighted by atomic mass is 32.2. The van der Waals surface area contributed by atoms with Crippen LogP contribution >= 0.6 is 0 Å². The largest absolute Gasteiger partial charge is 0.346 e. The van der Waals surface area contributed by atoms with Crippen LogP contribution in [0.25, 0.3) is 0 Å². The number of anilines is 1. The van der Waals surface area contributed by atoms with Crippen LogP contribution in [0.5, 0.6) is 0 Å². The first kappa shape index (κ1) is 21.3. The van der Waals surface area contributed by atoms with Crippen molar-refractivity contribution < 1.29 is 13.2 Å². The zero-order valence-corrected chi connectivity index (χ0v) is 18.0. The number of rotatable bonds is 5. The molecule has 0 aliphatic carbocycles. The first-order chi connectivity index (χ1) is 13.6. The third-order valence-electron chi connectivity index (χ3n) is 5.25. The van der Waals surface area contributed by atoms with Crippen LogP contribution in [0.4, 0.5) is 5.69 Å². The Morgan fingerprint density at radius 2 is 2.03 bits per heavy atom. The molecule has 1 atom stereocenters. The van der Waals surface area contributed by atoms with E-state index in [-0.39, 0.29) is 24.9 Å². The molecule has 10 heteroatoms. The molecule has 1 saturated heterocycles. The molecule has 0 spiro atoms. The molecule has 1 fully saturated rings. The molecular formula is C19H27N5O4S. The van der Waals surface area contributed by atoms with Crippen molar-refractivity contribution >= 4 is 21.6 Å². The number of hydrogen-bond acceptors (Lipinski definition) is 5. The van der Waals surface area contributed by atoms with Crippen LogP contribution in [-0.2, 0) is 28.4 Å². The fraction of sp³-hybridized carbons (Fsp3) is 0.526. The molecule has 1 amide bonds. The summed E-state index contributed by atoms with van der Waals surface area (Å²) in [5, 5.41) is 7.18. The summed E-state index contributed by atoms with van der Waals surface area (Å²) in [6, 6.07) is 5.76. The molecular weight excluding hydrogens is 394 g/mol. The fourth-order valence-electron chi connectivity index (χ4n) is 3.61. The number of aromatic nitrogens is 3. The van der Waals surface area contributed by atoms with Gasteiger partial charge in [0, 0.05) is 31.7 Å². The van der Waals surface area contributed by atoms with E-state index in [2.05, 4.69) is 10.4 Å². The summed E-state index contributed by atoms with van der Waals surface area (Å²) in [5.74, 6) is -0.0192. The van der Waals surface area contributed by atoms with E-state index in [1.807, 2.05) is 32.0 Å². The minimum Gasteiger partial charge on any atom is -0.324 e. The number of carbonyl (C=O) groups excluding carboxylic acids is 1. The zero-order chi connectivity index (χ0) is 21.3. The van der Waals surface area contributed by atoms with Crippen molar-refractivity contribution in [3.63, 3.8) is 0 Å². The Morgan fingerprint density at radius 3 is 2.72 bits per heavy atom. The van der Waals surface area contributed by atoms with Gasteiger partial charge in [0.15, 0.2) is 0 Å². The van der Waals surface area contributed by atoms with Gasteiger partial charge in [-0.15, -0.1) is 0 Å². The predicted octanol–water partition coefficient (Wildman–Crippen LogP) is 0.976. The van der Waals surface area contributed by atoms with Crippen molar-refractivity contribution in [1.29, 1.82) is 0 Å². The third-order valence-corrected chi connectivity index (χ3v) is 6.52. The van der Waals surface area contributed by atoms with Gasteiger partial charge < -0.3 is 5.32 Å². The molecule has 1 aliphatic rings. The Morgan fingerprint density at radius 1 is 1.31 bits per heavy atom. The van der Waals surface area contributed by atoms with Gasteiger partial charge in [0.1, 0.15) is 12.4 Å². The SMILES string of the molecule is Cc1ccc(C)c(NC(=O)Cn2nc(C3CCCN(S(C)(=O)=O)C3)n(C)c2=O)c1. The molecule has 0 radical (unpaired) electrons. The van der Waals surface area contributed by atoms with Crippen LogP contribution in [-0.4, -0.2) is 52.3 Å². The summed E-state index contributed by atoms with van der Waals surface area (Å²) in [6.07, 6.45) is 2.63. The number of benzene rings is 1. The lowest BCUT2D eigenvalue weighted by Crippen LogP contribution is -2.39. The van der Waals surface area contributed by atoms with Crippen molar-refractivity contribution in [3.05, 3.63) is 45.6 Å². The fourth-order valence-corrected chi connectivity index (χ4v) is 4.53. The van der Waals surface area contributed by atoms with Crippen LogP contribution in [0, 0.1) is 13.8 Å². The number of aryl methyl sites for hydroxylation is 2. The van der Waals surface area contributed by atoms with Crippen molar-refractivity contribution in [2.24, 2.45) is 7.05 Å². The molecule has 29 heavy (non-hydrogen) atoms. The van der Waals surface area contributed by atoms with Crippen molar-refractivity contribution in [2.45, 2.75) is 39.2 Å². The minimum absolute atomic E-state index is 0.181. The van der Waals surface area contributed by atoms with E-state index in [1.165, 1.54) is 15.1 Å². The van der Waals surface area contributed by atoms with Gasteiger partial charge in [0.25, 0.3) is 0 Å². The number of amides is 1. The Labute approximate surface area is 170 Å². The van der Waals surface area contributed by atoms with E-state index < -0.39 is 15.7 Å². The lowest BCUT2D eigenvalue weighted by Gasteiger charge is -2.30. The predicted molar refractivity (Wildman–Crippen MR) is 110 cm³/mol. The smallest absolute Gasteiger partial charge is 0.324 e. The van der Waals surface area contributed by atoms with Gasteiger partial charge in [-0.1, -0.05) is 12.1 Å². The second kappa shape index (κ2) is 8.11. The number of nitrogens with zero attached hydrogens (tertiary/aromatic N) is 4. The van der Waals surface area contributed by atoms with Crippen molar-refractivity contribution in [1.82, 2.24) is 18.7 Å². The molecule has 0 bridgehead atoms. The summed E-state index contributed by atoms with van der Waals surface area (Å²) < 4.78 is 27.7. The molecule has 2 heterocycles. The van der Waals surface area contributed by atoms with Gasteiger partial charge in [0.05, 0.1) is 6.26 Å². The molecule has 0 saturated carbocycles. The molecule has 158 valence electrons. The molecule has 1 aliphatic heterocycles. The Bertz CT molecular complexity index is 1090.